The van der Waals surface area contributed by atoms with E-state index in [4.69, 9.17) is 5.73 Å². The number of halogens is 1. The molecule has 0 aromatic heterocycles. The number of benzene rings is 2. The molecule has 0 spiro atoms. The highest BCUT2D eigenvalue weighted by atomic mass is 32.2. The molecule has 2 rings (SSSR count). The summed E-state index contributed by atoms with van der Waals surface area (Å²) in [7, 11) is -2.42. The van der Waals surface area contributed by atoms with E-state index in [-0.39, 0.29) is 10.6 Å². The molecule has 0 amide bonds. The van der Waals surface area contributed by atoms with E-state index < -0.39 is 15.8 Å². The first-order chi connectivity index (χ1) is 9.71. The van der Waals surface area contributed by atoms with Gasteiger partial charge in [-0.1, -0.05) is 17.7 Å². The summed E-state index contributed by atoms with van der Waals surface area (Å²) < 4.78 is 39.7. The lowest BCUT2D eigenvalue weighted by Crippen LogP contribution is -2.27. The lowest BCUT2D eigenvalue weighted by atomic mass is 10.1. The third-order valence-electron chi connectivity index (χ3n) is 3.24. The van der Waals surface area contributed by atoms with E-state index in [9.17, 15) is 12.8 Å². The van der Waals surface area contributed by atoms with Gasteiger partial charge in [-0.3, -0.25) is 4.31 Å². The minimum Gasteiger partial charge on any atom is -0.399 e. The summed E-state index contributed by atoms with van der Waals surface area (Å²) in [6, 6.07) is 8.74. The number of nitrogens with zero attached hydrogens (tertiary/aromatic N) is 1. The summed E-state index contributed by atoms with van der Waals surface area (Å²) in [5.74, 6) is -0.678. The van der Waals surface area contributed by atoms with Gasteiger partial charge < -0.3 is 5.73 Å². The molecule has 21 heavy (non-hydrogen) atoms. The Kier molecular flexibility index (Phi) is 3.91. The van der Waals surface area contributed by atoms with E-state index in [1.807, 2.05) is 26.0 Å². The third-order valence-corrected chi connectivity index (χ3v) is 4.99. The molecule has 0 aliphatic rings. The number of hydrogen-bond donors (Lipinski definition) is 1. The Hall–Kier alpha value is -2.08. The van der Waals surface area contributed by atoms with Gasteiger partial charge in [0, 0.05) is 12.7 Å². The molecule has 0 unspecified atom stereocenters. The Morgan fingerprint density at radius 3 is 2.33 bits per heavy atom. The number of hydrogen-bond acceptors (Lipinski definition) is 3. The SMILES string of the molecule is Cc1ccc(N(C)S(=O)(=O)c2cc(N)cc(F)c2)c(C)c1. The molecule has 2 N–H and O–H groups in total. The lowest BCUT2D eigenvalue weighted by Gasteiger charge is -2.22. The van der Waals surface area contributed by atoms with Crippen LogP contribution in [0.2, 0.25) is 0 Å². The normalized spacial score (nSPS) is 11.4. The Bertz CT molecular complexity index is 768. The van der Waals surface area contributed by atoms with Crippen molar-refractivity contribution in [3.8, 4) is 0 Å². The predicted octanol–water partition coefficient (Wildman–Crippen LogP) is 2.85. The van der Waals surface area contributed by atoms with E-state index in [1.54, 1.807) is 6.07 Å². The van der Waals surface area contributed by atoms with Crippen LogP contribution < -0.4 is 10.0 Å². The van der Waals surface area contributed by atoms with E-state index in [1.165, 1.54) is 13.1 Å². The fourth-order valence-electron chi connectivity index (χ4n) is 2.18. The molecule has 0 radical (unpaired) electrons. The van der Waals surface area contributed by atoms with Crippen LogP contribution in [0.3, 0.4) is 0 Å². The zero-order valence-corrected chi connectivity index (χ0v) is 12.9. The Balaban J connectivity index is 2.52. The highest BCUT2D eigenvalue weighted by Crippen LogP contribution is 2.27. The molecule has 0 aliphatic carbocycles. The highest BCUT2D eigenvalue weighted by molar-refractivity contribution is 7.92. The van der Waals surface area contributed by atoms with Crippen LogP contribution in [0.25, 0.3) is 0 Å². The molecule has 6 heteroatoms. The summed E-state index contributed by atoms with van der Waals surface area (Å²) >= 11 is 0. The molecule has 0 atom stereocenters. The van der Waals surface area contributed by atoms with Crippen molar-refractivity contribution in [3.63, 3.8) is 0 Å². The molecule has 2 aromatic carbocycles. The van der Waals surface area contributed by atoms with Crippen molar-refractivity contribution < 1.29 is 12.8 Å². The Morgan fingerprint density at radius 2 is 1.76 bits per heavy atom. The topological polar surface area (TPSA) is 63.4 Å². The van der Waals surface area contributed by atoms with E-state index in [0.29, 0.717) is 5.69 Å². The molecule has 112 valence electrons. The first kappa shape index (κ1) is 15.3. The van der Waals surface area contributed by atoms with Crippen LogP contribution in [0, 0.1) is 19.7 Å². The summed E-state index contributed by atoms with van der Waals surface area (Å²) in [5, 5.41) is 0. The summed E-state index contributed by atoms with van der Waals surface area (Å²) in [6.07, 6.45) is 0. The number of anilines is 2. The molecule has 0 fully saturated rings. The first-order valence-electron chi connectivity index (χ1n) is 6.34. The van der Waals surface area contributed by atoms with Gasteiger partial charge in [0.05, 0.1) is 10.6 Å². The maximum absolute atomic E-state index is 13.4. The minimum absolute atomic E-state index is 0.0719. The van der Waals surface area contributed by atoms with Gasteiger partial charge in [0.2, 0.25) is 0 Å². The Morgan fingerprint density at radius 1 is 1.10 bits per heavy atom. The van der Waals surface area contributed by atoms with Crippen LogP contribution in [0.5, 0.6) is 0 Å². The largest absolute Gasteiger partial charge is 0.399 e. The molecular formula is C15H17FN2O2S. The first-order valence-corrected chi connectivity index (χ1v) is 7.78. The standard InChI is InChI=1S/C15H17FN2O2S/c1-10-4-5-15(11(2)6-10)18(3)21(19,20)14-8-12(16)7-13(17)9-14/h4-9H,17H2,1-3H3. The Labute approximate surface area is 124 Å². The number of rotatable bonds is 3. The average Bonchev–Trinajstić information content (AvgIpc) is 2.36. The zero-order valence-electron chi connectivity index (χ0n) is 12.1. The van der Waals surface area contributed by atoms with Crippen LogP contribution in [0.4, 0.5) is 15.8 Å². The molecular weight excluding hydrogens is 291 g/mol. The number of aryl methyl sites for hydroxylation is 2. The van der Waals surface area contributed by atoms with Crippen molar-refractivity contribution in [1.29, 1.82) is 0 Å². The molecule has 4 nitrogen and oxygen atoms in total. The van der Waals surface area contributed by atoms with E-state index in [0.717, 1.165) is 27.6 Å². The third kappa shape index (κ3) is 3.00. The van der Waals surface area contributed by atoms with Gasteiger partial charge in [0.25, 0.3) is 10.0 Å². The fraction of sp³-hybridized carbons (Fsp3) is 0.200. The van der Waals surface area contributed by atoms with Gasteiger partial charge in [0.15, 0.2) is 0 Å². The van der Waals surface area contributed by atoms with Crippen molar-refractivity contribution in [3.05, 3.63) is 53.3 Å². The van der Waals surface area contributed by atoms with Crippen LogP contribution >= 0.6 is 0 Å². The predicted molar refractivity (Wildman–Crippen MR) is 82.3 cm³/mol. The quantitative estimate of drug-likeness (QED) is 0.887. The van der Waals surface area contributed by atoms with Crippen LogP contribution in [-0.2, 0) is 10.0 Å². The number of sulfonamides is 1. The van der Waals surface area contributed by atoms with Gasteiger partial charge >= 0.3 is 0 Å². The fourth-order valence-corrected chi connectivity index (χ4v) is 3.51. The van der Waals surface area contributed by atoms with Crippen molar-refractivity contribution in [2.24, 2.45) is 0 Å². The number of nitrogen functional groups attached to an aromatic ring is 1. The van der Waals surface area contributed by atoms with Gasteiger partial charge in [-0.15, -0.1) is 0 Å². The molecule has 0 bridgehead atoms. The smallest absolute Gasteiger partial charge is 0.264 e. The second-order valence-corrected chi connectivity index (χ2v) is 6.95. The second-order valence-electron chi connectivity index (χ2n) is 4.98. The molecule has 2 aromatic rings. The molecule has 0 saturated heterocycles. The zero-order chi connectivity index (χ0) is 15.8. The van der Waals surface area contributed by atoms with Crippen LogP contribution in [0.1, 0.15) is 11.1 Å². The highest BCUT2D eigenvalue weighted by Gasteiger charge is 2.23. The van der Waals surface area contributed by atoms with Gasteiger partial charge in [-0.2, -0.15) is 0 Å². The van der Waals surface area contributed by atoms with Gasteiger partial charge in [0.1, 0.15) is 5.82 Å². The lowest BCUT2D eigenvalue weighted by molar-refractivity contribution is 0.589. The van der Waals surface area contributed by atoms with Crippen molar-refractivity contribution in [1.82, 2.24) is 0 Å². The summed E-state index contributed by atoms with van der Waals surface area (Å²) in [5.41, 5.74) is 8.00. The maximum Gasteiger partial charge on any atom is 0.264 e. The minimum atomic E-state index is -3.86. The van der Waals surface area contributed by atoms with Crippen molar-refractivity contribution in [2.75, 3.05) is 17.1 Å². The molecule has 0 saturated carbocycles. The van der Waals surface area contributed by atoms with E-state index >= 15 is 0 Å². The summed E-state index contributed by atoms with van der Waals surface area (Å²) in [4.78, 5) is -0.164. The van der Waals surface area contributed by atoms with Crippen LogP contribution in [0.15, 0.2) is 41.3 Å². The molecule has 0 aliphatic heterocycles. The van der Waals surface area contributed by atoms with E-state index in [2.05, 4.69) is 0 Å². The average molecular weight is 308 g/mol. The summed E-state index contributed by atoms with van der Waals surface area (Å²) in [6.45, 7) is 3.76. The molecule has 0 heterocycles. The van der Waals surface area contributed by atoms with Crippen molar-refractivity contribution in [2.45, 2.75) is 18.7 Å². The second kappa shape index (κ2) is 5.37. The monoisotopic (exact) mass is 308 g/mol. The van der Waals surface area contributed by atoms with Crippen molar-refractivity contribution >= 4 is 21.4 Å². The van der Waals surface area contributed by atoms with Crippen LogP contribution in [-0.4, -0.2) is 15.5 Å². The number of nitrogens with two attached hydrogens (primary N) is 1. The van der Waals surface area contributed by atoms with Gasteiger partial charge in [-0.25, -0.2) is 12.8 Å². The maximum atomic E-state index is 13.4. The van der Waals surface area contributed by atoms with Gasteiger partial charge in [-0.05, 0) is 43.7 Å².